The maximum absolute atomic E-state index is 13.4. The van der Waals surface area contributed by atoms with Crippen molar-refractivity contribution in [3.8, 4) is 0 Å². The predicted octanol–water partition coefficient (Wildman–Crippen LogP) is 1.75. The van der Waals surface area contributed by atoms with Gasteiger partial charge in [0.05, 0.1) is 4.90 Å². The van der Waals surface area contributed by atoms with Crippen LogP contribution in [0.2, 0.25) is 0 Å². The minimum Gasteiger partial charge on any atom is -0.326 e. The molecule has 0 bridgehead atoms. The number of halogens is 1. The van der Waals surface area contributed by atoms with Gasteiger partial charge in [-0.05, 0) is 55.7 Å². The van der Waals surface area contributed by atoms with Gasteiger partial charge in [-0.2, -0.15) is 0 Å². The van der Waals surface area contributed by atoms with E-state index >= 15 is 0 Å². The van der Waals surface area contributed by atoms with Crippen LogP contribution >= 0.6 is 0 Å². The van der Waals surface area contributed by atoms with Gasteiger partial charge in [0.1, 0.15) is 5.82 Å². The molecule has 1 aromatic rings. The summed E-state index contributed by atoms with van der Waals surface area (Å²) in [7, 11) is -3.59. The molecule has 3 rings (SSSR count). The second-order valence-corrected chi connectivity index (χ2v) is 7.49. The van der Waals surface area contributed by atoms with E-state index in [0.717, 1.165) is 25.7 Å². The molecule has 0 radical (unpaired) electrons. The van der Waals surface area contributed by atoms with E-state index in [-0.39, 0.29) is 23.0 Å². The Kier molecular flexibility index (Phi) is 3.56. The lowest BCUT2D eigenvalue weighted by molar-refractivity contribution is 0.471. The Hall–Kier alpha value is -0.980. The minimum atomic E-state index is -3.59. The van der Waals surface area contributed by atoms with Crippen LogP contribution in [0.1, 0.15) is 31.2 Å². The molecule has 0 saturated heterocycles. The molecule has 6 heteroatoms. The van der Waals surface area contributed by atoms with Crippen LogP contribution in [0.4, 0.5) is 4.39 Å². The van der Waals surface area contributed by atoms with Gasteiger partial charge >= 0.3 is 0 Å². The zero-order valence-corrected chi connectivity index (χ0v) is 12.0. The lowest BCUT2D eigenvalue weighted by Crippen LogP contribution is -2.38. The van der Waals surface area contributed by atoms with E-state index in [9.17, 15) is 12.8 Å². The summed E-state index contributed by atoms with van der Waals surface area (Å²) in [5.74, 6) is 0.491. The van der Waals surface area contributed by atoms with Gasteiger partial charge < -0.3 is 5.73 Å². The summed E-state index contributed by atoms with van der Waals surface area (Å²) < 4.78 is 41.0. The van der Waals surface area contributed by atoms with Crippen molar-refractivity contribution in [3.05, 3.63) is 29.6 Å². The highest BCUT2D eigenvalue weighted by molar-refractivity contribution is 7.89. The van der Waals surface area contributed by atoms with Crippen molar-refractivity contribution in [3.63, 3.8) is 0 Å². The van der Waals surface area contributed by atoms with Crippen molar-refractivity contribution < 1.29 is 12.8 Å². The monoisotopic (exact) mass is 298 g/mol. The number of rotatable bonds is 6. The molecule has 4 nitrogen and oxygen atoms in total. The van der Waals surface area contributed by atoms with Crippen LogP contribution in [-0.4, -0.2) is 14.5 Å². The van der Waals surface area contributed by atoms with Crippen LogP contribution in [0.5, 0.6) is 0 Å². The number of benzene rings is 1. The highest BCUT2D eigenvalue weighted by Crippen LogP contribution is 2.45. The van der Waals surface area contributed by atoms with E-state index in [0.29, 0.717) is 11.8 Å². The Morgan fingerprint density at radius 2 is 1.85 bits per heavy atom. The molecule has 2 aliphatic rings. The van der Waals surface area contributed by atoms with Crippen molar-refractivity contribution in [2.75, 3.05) is 0 Å². The third-order valence-electron chi connectivity index (χ3n) is 4.10. The first-order valence-electron chi connectivity index (χ1n) is 7.02. The second kappa shape index (κ2) is 5.09. The van der Waals surface area contributed by atoms with E-state index in [4.69, 9.17) is 5.73 Å². The fourth-order valence-electron chi connectivity index (χ4n) is 2.61. The molecule has 0 spiro atoms. The molecule has 0 amide bonds. The normalized spacial score (nSPS) is 19.6. The highest BCUT2D eigenvalue weighted by Gasteiger charge is 2.43. The van der Waals surface area contributed by atoms with Crippen LogP contribution in [0, 0.1) is 17.7 Å². The minimum absolute atomic E-state index is 0.0100. The molecule has 0 aromatic heterocycles. The Morgan fingerprint density at radius 3 is 2.35 bits per heavy atom. The lowest BCUT2D eigenvalue weighted by atomic mass is 10.1. The Balaban J connectivity index is 1.83. The molecule has 2 saturated carbocycles. The second-order valence-electron chi connectivity index (χ2n) is 5.78. The van der Waals surface area contributed by atoms with E-state index in [2.05, 4.69) is 4.72 Å². The predicted molar refractivity (Wildman–Crippen MR) is 73.8 cm³/mol. The third kappa shape index (κ3) is 2.87. The quantitative estimate of drug-likeness (QED) is 0.840. The Bertz CT molecular complexity index is 598. The van der Waals surface area contributed by atoms with Crippen molar-refractivity contribution >= 4 is 10.0 Å². The van der Waals surface area contributed by atoms with E-state index in [1.165, 1.54) is 18.2 Å². The summed E-state index contributed by atoms with van der Waals surface area (Å²) in [6.07, 6.45) is 4.39. The van der Waals surface area contributed by atoms with Gasteiger partial charge in [-0.3, -0.25) is 0 Å². The maximum atomic E-state index is 13.4. The van der Waals surface area contributed by atoms with Gasteiger partial charge in [0.25, 0.3) is 0 Å². The maximum Gasteiger partial charge on any atom is 0.240 e. The lowest BCUT2D eigenvalue weighted by Gasteiger charge is -2.18. The SMILES string of the molecule is NCc1cc(S(=O)(=O)NC(C2CC2)C2CC2)ccc1F. The molecule has 0 unspecified atom stereocenters. The standard InChI is InChI=1S/C14H19FN2O2S/c15-13-6-5-12(7-11(13)8-16)20(18,19)17-14(9-1-2-9)10-3-4-10/h5-7,9-10,14,17H,1-4,8,16H2. The largest absolute Gasteiger partial charge is 0.326 e. The fraction of sp³-hybridized carbons (Fsp3) is 0.571. The summed E-state index contributed by atoms with van der Waals surface area (Å²) in [5.41, 5.74) is 5.65. The van der Waals surface area contributed by atoms with Gasteiger partial charge in [-0.15, -0.1) is 0 Å². The van der Waals surface area contributed by atoms with Crippen LogP contribution in [0.25, 0.3) is 0 Å². The number of hydrogen-bond donors (Lipinski definition) is 2. The van der Waals surface area contributed by atoms with Gasteiger partial charge in [0.2, 0.25) is 10.0 Å². The summed E-state index contributed by atoms with van der Waals surface area (Å²) in [5, 5.41) is 0. The van der Waals surface area contributed by atoms with E-state index in [1.807, 2.05) is 0 Å². The third-order valence-corrected chi connectivity index (χ3v) is 5.56. The molecule has 20 heavy (non-hydrogen) atoms. The van der Waals surface area contributed by atoms with Gasteiger partial charge in [-0.25, -0.2) is 17.5 Å². The van der Waals surface area contributed by atoms with Crippen molar-refractivity contribution in [1.82, 2.24) is 4.72 Å². The number of hydrogen-bond acceptors (Lipinski definition) is 3. The van der Waals surface area contributed by atoms with Gasteiger partial charge in [0, 0.05) is 18.2 Å². The van der Waals surface area contributed by atoms with E-state index < -0.39 is 15.8 Å². The van der Waals surface area contributed by atoms with Crippen LogP contribution in [-0.2, 0) is 16.6 Å². The smallest absolute Gasteiger partial charge is 0.240 e. The van der Waals surface area contributed by atoms with Crippen LogP contribution in [0.3, 0.4) is 0 Å². The summed E-state index contributed by atoms with van der Waals surface area (Å²) in [6.45, 7) is -0.0100. The number of nitrogens with two attached hydrogens (primary N) is 1. The number of sulfonamides is 1. The first-order chi connectivity index (χ1) is 9.51. The highest BCUT2D eigenvalue weighted by atomic mass is 32.2. The molecule has 0 atom stereocenters. The average Bonchev–Trinajstić information content (AvgIpc) is 3.29. The Morgan fingerprint density at radius 1 is 1.25 bits per heavy atom. The number of nitrogens with one attached hydrogen (secondary N) is 1. The molecule has 0 aliphatic heterocycles. The summed E-state index contributed by atoms with van der Waals surface area (Å²) in [4.78, 5) is 0.102. The first kappa shape index (κ1) is 14.0. The van der Waals surface area contributed by atoms with Crippen LogP contribution < -0.4 is 10.5 Å². The molecular formula is C14H19FN2O2S. The first-order valence-corrected chi connectivity index (χ1v) is 8.50. The van der Waals surface area contributed by atoms with Gasteiger partial charge in [-0.1, -0.05) is 0 Å². The molecule has 3 N–H and O–H groups in total. The molecule has 0 heterocycles. The Labute approximate surface area is 118 Å². The zero-order valence-electron chi connectivity index (χ0n) is 11.2. The summed E-state index contributed by atoms with van der Waals surface area (Å²) in [6, 6.07) is 3.84. The van der Waals surface area contributed by atoms with Crippen molar-refractivity contribution in [1.29, 1.82) is 0 Å². The van der Waals surface area contributed by atoms with Gasteiger partial charge in [0.15, 0.2) is 0 Å². The molecule has 2 aliphatic carbocycles. The molecular weight excluding hydrogens is 279 g/mol. The molecule has 1 aromatic carbocycles. The molecule has 110 valence electrons. The topological polar surface area (TPSA) is 72.2 Å². The average molecular weight is 298 g/mol. The van der Waals surface area contributed by atoms with Crippen molar-refractivity contribution in [2.45, 2.75) is 43.2 Å². The van der Waals surface area contributed by atoms with Crippen LogP contribution in [0.15, 0.2) is 23.1 Å². The fourth-order valence-corrected chi connectivity index (χ4v) is 4.03. The summed E-state index contributed by atoms with van der Waals surface area (Å²) >= 11 is 0. The van der Waals surface area contributed by atoms with Crippen molar-refractivity contribution in [2.24, 2.45) is 17.6 Å². The molecule has 2 fully saturated rings. The zero-order chi connectivity index (χ0) is 14.3. The van der Waals surface area contributed by atoms with E-state index in [1.54, 1.807) is 0 Å².